The van der Waals surface area contributed by atoms with Crippen LogP contribution in [0.4, 0.5) is 0 Å². The van der Waals surface area contributed by atoms with E-state index in [1.54, 1.807) is 24.3 Å². The van der Waals surface area contributed by atoms with Gasteiger partial charge >= 0.3 is 0 Å². The summed E-state index contributed by atoms with van der Waals surface area (Å²) in [5, 5.41) is 7.75. The Morgan fingerprint density at radius 2 is 0.685 bits per heavy atom. The maximum atomic E-state index is 13.6. The van der Waals surface area contributed by atoms with Crippen molar-refractivity contribution in [3.63, 3.8) is 0 Å². The molecule has 2 N–H and O–H groups in total. The van der Waals surface area contributed by atoms with Gasteiger partial charge in [-0.3, -0.25) is 29.0 Å². The third-order valence-corrected chi connectivity index (χ3v) is 10.0. The zero-order valence-corrected chi connectivity index (χ0v) is 31.3. The summed E-state index contributed by atoms with van der Waals surface area (Å²) in [6, 6.07) is 15.1. The first-order valence-corrected chi connectivity index (χ1v) is 19.7. The van der Waals surface area contributed by atoms with Gasteiger partial charge in [-0.2, -0.15) is 0 Å². The van der Waals surface area contributed by atoms with E-state index in [9.17, 15) is 19.2 Å². The predicted octanol–water partition coefficient (Wildman–Crippen LogP) is 5.11. The normalized spacial score (nSPS) is 20.4. The molecule has 3 aromatic carbocycles. The highest BCUT2D eigenvalue weighted by molar-refractivity contribution is 6.33. The molecule has 0 aromatic heterocycles. The molecule has 10 bridgehead atoms. The van der Waals surface area contributed by atoms with Crippen LogP contribution in [0.5, 0.6) is 0 Å². The van der Waals surface area contributed by atoms with Crippen molar-refractivity contribution < 1.29 is 38.1 Å². The first-order chi connectivity index (χ1) is 26.5. The van der Waals surface area contributed by atoms with Crippen LogP contribution in [0.2, 0.25) is 0 Å². The van der Waals surface area contributed by atoms with Crippen molar-refractivity contribution in [1.29, 1.82) is 0 Å². The minimum atomic E-state index is -0.425. The zero-order chi connectivity index (χ0) is 37.5. The summed E-state index contributed by atoms with van der Waals surface area (Å²) in [5.41, 5.74) is 3.83. The van der Waals surface area contributed by atoms with Gasteiger partial charge in [0, 0.05) is 112 Å². The standard InChI is InChI=1S/C42H54N4O8/c47-39-33-13-15-35-38-36-16-14-34(37(33)38)40(48)45(39)19-7-27-53-23-3-1-21-51-25-5-17-43-29-31-9-11-32(12-10-31)30-44-18-6-26-52-22-2-4-24-54-28-8-20-46(41(35)49)42(36)50/h9-16,43-44H,1-8,17-30H2. The number of hydrogen-bond acceptors (Lipinski definition) is 10. The smallest absolute Gasteiger partial charge is 0.261 e. The van der Waals surface area contributed by atoms with Crippen molar-refractivity contribution >= 4 is 34.4 Å². The van der Waals surface area contributed by atoms with E-state index in [2.05, 4.69) is 34.9 Å². The lowest BCUT2D eigenvalue weighted by Crippen LogP contribution is -2.44. The van der Waals surface area contributed by atoms with E-state index in [1.807, 2.05) is 0 Å². The average molecular weight is 743 g/mol. The number of hydrogen-bond donors (Lipinski definition) is 2. The Morgan fingerprint density at radius 3 is 1.02 bits per heavy atom. The second-order valence-corrected chi connectivity index (χ2v) is 14.0. The summed E-state index contributed by atoms with van der Waals surface area (Å²) in [7, 11) is 0. The summed E-state index contributed by atoms with van der Waals surface area (Å²) in [6.07, 6.45) is 6.41. The van der Waals surface area contributed by atoms with Crippen LogP contribution in [0.25, 0.3) is 10.8 Å². The first-order valence-electron chi connectivity index (χ1n) is 19.7. The topological polar surface area (TPSA) is 136 Å². The van der Waals surface area contributed by atoms with E-state index >= 15 is 0 Å². The Morgan fingerprint density at radius 1 is 0.389 bits per heavy atom. The Labute approximate surface area is 317 Å². The number of nitrogens with one attached hydrogen (secondary N) is 2. The quantitative estimate of drug-likeness (QED) is 0.299. The van der Waals surface area contributed by atoms with Crippen LogP contribution in [-0.4, -0.2) is 112 Å². The Balaban J connectivity index is 1.00. The van der Waals surface area contributed by atoms with Crippen LogP contribution >= 0.6 is 0 Å². The molecule has 0 radical (unpaired) electrons. The maximum absolute atomic E-state index is 13.6. The molecule has 12 heteroatoms. The molecular weight excluding hydrogens is 688 g/mol. The largest absolute Gasteiger partial charge is 0.381 e. The lowest BCUT2D eigenvalue weighted by molar-refractivity contribution is 0.0557. The maximum Gasteiger partial charge on any atom is 0.261 e. The highest BCUT2D eigenvalue weighted by atomic mass is 16.5. The molecule has 0 saturated carbocycles. The summed E-state index contributed by atoms with van der Waals surface area (Å²) in [5.74, 6) is -1.70. The van der Waals surface area contributed by atoms with Crippen LogP contribution in [-0.2, 0) is 32.0 Å². The third-order valence-electron chi connectivity index (χ3n) is 10.0. The van der Waals surface area contributed by atoms with Crippen molar-refractivity contribution in [2.45, 2.75) is 64.5 Å². The Bertz CT molecular complexity index is 1550. The first kappa shape index (κ1) is 39.6. The zero-order valence-electron chi connectivity index (χ0n) is 31.3. The van der Waals surface area contributed by atoms with E-state index in [0.29, 0.717) is 98.7 Å². The molecule has 10 heterocycles. The van der Waals surface area contributed by atoms with E-state index in [4.69, 9.17) is 18.9 Å². The van der Waals surface area contributed by atoms with Gasteiger partial charge in [-0.25, -0.2) is 0 Å². The summed E-state index contributed by atoms with van der Waals surface area (Å²) >= 11 is 0. The number of amides is 4. The van der Waals surface area contributed by atoms with Crippen LogP contribution in [0.3, 0.4) is 0 Å². The monoisotopic (exact) mass is 742 g/mol. The van der Waals surface area contributed by atoms with Crippen molar-refractivity contribution in [2.24, 2.45) is 0 Å². The lowest BCUT2D eigenvalue weighted by atomic mass is 9.86. The van der Waals surface area contributed by atoms with Crippen molar-refractivity contribution in [3.05, 3.63) is 81.9 Å². The van der Waals surface area contributed by atoms with Crippen LogP contribution in [0, 0.1) is 0 Å². The minimum absolute atomic E-state index is 0.212. The number of carbonyl (C=O) groups is 4. The van der Waals surface area contributed by atoms with Crippen LogP contribution in [0.1, 0.15) is 104 Å². The molecule has 0 spiro atoms. The van der Waals surface area contributed by atoms with Crippen molar-refractivity contribution in [2.75, 3.05) is 79.0 Å². The molecule has 54 heavy (non-hydrogen) atoms. The molecule has 10 aliphatic rings. The van der Waals surface area contributed by atoms with Gasteiger partial charge in [-0.05, 0) is 99.8 Å². The van der Waals surface area contributed by atoms with Crippen LogP contribution in [0.15, 0.2) is 48.5 Å². The molecule has 10 aliphatic heterocycles. The molecule has 0 unspecified atom stereocenters. The van der Waals surface area contributed by atoms with Gasteiger partial charge in [0.15, 0.2) is 0 Å². The Hall–Kier alpha value is -4.04. The molecule has 0 atom stereocenters. The molecular formula is C42H54N4O8. The summed E-state index contributed by atoms with van der Waals surface area (Å²) < 4.78 is 23.2. The number of benzene rings is 3. The number of rotatable bonds is 0. The third kappa shape index (κ3) is 10.2. The predicted molar refractivity (Wildman–Crippen MR) is 205 cm³/mol. The lowest BCUT2D eigenvalue weighted by Gasteiger charge is -2.32. The van der Waals surface area contributed by atoms with Gasteiger partial charge in [0.2, 0.25) is 0 Å². The highest BCUT2D eigenvalue weighted by Crippen LogP contribution is 2.38. The van der Waals surface area contributed by atoms with E-state index in [1.165, 1.54) is 20.9 Å². The van der Waals surface area contributed by atoms with Gasteiger partial charge < -0.3 is 29.6 Å². The summed E-state index contributed by atoms with van der Waals surface area (Å²) in [4.78, 5) is 56.8. The average Bonchev–Trinajstić information content (AvgIpc) is 3.18. The second kappa shape index (κ2) is 20.6. The molecule has 13 rings (SSSR count). The van der Waals surface area contributed by atoms with Gasteiger partial charge in [0.1, 0.15) is 0 Å². The van der Waals surface area contributed by atoms with Gasteiger partial charge in [-0.1, -0.05) is 24.3 Å². The number of carbonyl (C=O) groups excluding carboxylic acids is 4. The van der Waals surface area contributed by atoms with E-state index < -0.39 is 23.6 Å². The van der Waals surface area contributed by atoms with Gasteiger partial charge in [-0.15, -0.1) is 0 Å². The van der Waals surface area contributed by atoms with Crippen molar-refractivity contribution in [1.82, 2.24) is 20.4 Å². The van der Waals surface area contributed by atoms with Gasteiger partial charge in [0.25, 0.3) is 23.6 Å². The molecule has 0 aliphatic carbocycles. The van der Waals surface area contributed by atoms with E-state index in [0.717, 1.165) is 64.7 Å². The minimum Gasteiger partial charge on any atom is -0.381 e. The number of ether oxygens (including phenoxy) is 4. The fourth-order valence-corrected chi connectivity index (χ4v) is 7.09. The number of imide groups is 2. The van der Waals surface area contributed by atoms with Crippen molar-refractivity contribution in [3.8, 4) is 0 Å². The fourth-order valence-electron chi connectivity index (χ4n) is 7.09. The molecule has 4 amide bonds. The second-order valence-electron chi connectivity index (χ2n) is 14.0. The molecule has 0 fully saturated rings. The highest BCUT2D eigenvalue weighted by Gasteiger charge is 2.39. The molecule has 3 aromatic rings. The van der Waals surface area contributed by atoms with Crippen LogP contribution < -0.4 is 10.6 Å². The summed E-state index contributed by atoms with van der Waals surface area (Å²) in [6.45, 7) is 8.66. The van der Waals surface area contributed by atoms with Gasteiger partial charge in [0.05, 0.1) is 0 Å². The SMILES string of the molecule is O=C1c2ccc3c4c5ccc(c24)C(=O)N1CCCOCCCCOCCCNCc1ccc(cc1)CNCCCOCCCCOCCCN(C3=O)C5=O. The number of nitrogens with zero attached hydrogens (tertiary/aromatic N) is 2. The fraction of sp³-hybridized carbons (Fsp3) is 0.524. The van der Waals surface area contributed by atoms with E-state index in [-0.39, 0.29) is 13.1 Å². The molecule has 290 valence electrons. The Kier molecular flexibility index (Phi) is 15.1. The molecule has 12 nitrogen and oxygen atoms in total. The molecule has 0 saturated heterocycles.